The van der Waals surface area contributed by atoms with Crippen molar-refractivity contribution in [2.24, 2.45) is 4.99 Å². The predicted octanol–water partition coefficient (Wildman–Crippen LogP) is 2.67. The zero-order chi connectivity index (χ0) is 20.2. The molecule has 0 saturated heterocycles. The van der Waals surface area contributed by atoms with E-state index in [0.717, 1.165) is 44.4 Å². The lowest BCUT2D eigenvalue weighted by Crippen LogP contribution is -2.42. The number of H-pyrrole nitrogens is 1. The van der Waals surface area contributed by atoms with Crippen LogP contribution in [-0.4, -0.2) is 64.8 Å². The molecule has 2 aromatic heterocycles. The van der Waals surface area contributed by atoms with Crippen LogP contribution >= 0.6 is 0 Å². The van der Waals surface area contributed by atoms with Crippen molar-refractivity contribution >= 4 is 5.96 Å². The van der Waals surface area contributed by atoms with Crippen molar-refractivity contribution in [2.45, 2.75) is 53.0 Å². The van der Waals surface area contributed by atoms with Crippen LogP contribution in [0.2, 0.25) is 0 Å². The fraction of sp³-hybridized carbons (Fsp3) is 0.650. The highest BCUT2D eigenvalue weighted by molar-refractivity contribution is 5.80. The first kappa shape index (κ1) is 21.9. The maximum atomic E-state index is 5.32. The van der Waals surface area contributed by atoms with Crippen LogP contribution < -0.4 is 10.6 Å². The van der Waals surface area contributed by atoms with E-state index in [-0.39, 0.29) is 0 Å². The van der Waals surface area contributed by atoms with Crippen LogP contribution in [0.1, 0.15) is 46.4 Å². The topological polar surface area (TPSA) is 94.4 Å². The summed E-state index contributed by atoms with van der Waals surface area (Å²) in [6.45, 7) is 13.6. The minimum Gasteiger partial charge on any atom is -0.461 e. The van der Waals surface area contributed by atoms with Gasteiger partial charge in [-0.15, -0.1) is 0 Å². The standard InChI is InChI=1S/C20H35N7O/c1-5-21-20(23-16(4)10-8-14-27(6-2)7-3)22-13-12-18-24-19(26-25-18)17-11-9-15-28-17/h9,11,15-16H,5-8,10,12-14H2,1-4H3,(H2,21,22,23)(H,24,25,26). The van der Waals surface area contributed by atoms with Gasteiger partial charge in [-0.1, -0.05) is 13.8 Å². The fourth-order valence-electron chi connectivity index (χ4n) is 2.98. The molecule has 2 rings (SSSR count). The van der Waals surface area contributed by atoms with Crippen molar-refractivity contribution in [1.29, 1.82) is 0 Å². The second-order valence-electron chi connectivity index (χ2n) is 6.81. The molecule has 3 N–H and O–H groups in total. The highest BCUT2D eigenvalue weighted by atomic mass is 16.3. The van der Waals surface area contributed by atoms with Crippen LogP contribution in [0, 0.1) is 0 Å². The van der Waals surface area contributed by atoms with Crippen molar-refractivity contribution < 1.29 is 4.42 Å². The van der Waals surface area contributed by atoms with Crippen molar-refractivity contribution in [3.63, 3.8) is 0 Å². The summed E-state index contributed by atoms with van der Waals surface area (Å²) in [5, 5.41) is 14.0. The Morgan fingerprint density at radius 1 is 1.32 bits per heavy atom. The lowest BCUT2D eigenvalue weighted by molar-refractivity contribution is 0.292. The lowest BCUT2D eigenvalue weighted by Gasteiger charge is -2.21. The summed E-state index contributed by atoms with van der Waals surface area (Å²) in [6, 6.07) is 4.05. The molecule has 0 aliphatic heterocycles. The lowest BCUT2D eigenvalue weighted by atomic mass is 10.2. The van der Waals surface area contributed by atoms with E-state index < -0.39 is 0 Å². The number of nitrogens with zero attached hydrogens (tertiary/aromatic N) is 4. The highest BCUT2D eigenvalue weighted by Gasteiger charge is 2.09. The number of guanidine groups is 1. The summed E-state index contributed by atoms with van der Waals surface area (Å²) < 4.78 is 5.32. The van der Waals surface area contributed by atoms with E-state index in [1.54, 1.807) is 6.26 Å². The minimum absolute atomic E-state index is 0.379. The largest absolute Gasteiger partial charge is 0.461 e. The number of rotatable bonds is 12. The summed E-state index contributed by atoms with van der Waals surface area (Å²) in [4.78, 5) is 11.6. The van der Waals surface area contributed by atoms with Gasteiger partial charge in [-0.05, 0) is 58.5 Å². The summed E-state index contributed by atoms with van der Waals surface area (Å²) in [7, 11) is 0. The van der Waals surface area contributed by atoms with E-state index in [1.807, 2.05) is 12.1 Å². The van der Waals surface area contributed by atoms with Gasteiger partial charge in [0.05, 0.1) is 6.26 Å². The number of furan rings is 1. The number of hydrogen-bond donors (Lipinski definition) is 3. The normalized spacial score (nSPS) is 13.1. The summed E-state index contributed by atoms with van der Waals surface area (Å²) >= 11 is 0. The molecule has 8 heteroatoms. The molecule has 0 aliphatic carbocycles. The Labute approximate surface area is 168 Å². The Hall–Kier alpha value is -2.35. The minimum atomic E-state index is 0.379. The molecule has 2 heterocycles. The number of nitrogens with one attached hydrogen (secondary N) is 3. The molecule has 2 aromatic rings. The fourth-order valence-corrected chi connectivity index (χ4v) is 2.98. The molecule has 156 valence electrons. The summed E-state index contributed by atoms with van der Waals surface area (Å²) in [5.74, 6) is 2.90. The number of hydrogen-bond acceptors (Lipinski definition) is 5. The van der Waals surface area contributed by atoms with E-state index in [1.165, 1.54) is 6.42 Å². The third-order valence-corrected chi connectivity index (χ3v) is 4.63. The maximum Gasteiger partial charge on any atom is 0.216 e. The van der Waals surface area contributed by atoms with Crippen molar-refractivity contribution in [3.05, 3.63) is 24.2 Å². The van der Waals surface area contributed by atoms with E-state index in [0.29, 0.717) is 30.6 Å². The van der Waals surface area contributed by atoms with Gasteiger partial charge in [0.2, 0.25) is 5.82 Å². The molecular formula is C20H35N7O. The molecule has 1 unspecified atom stereocenters. The first-order chi connectivity index (χ1) is 13.7. The third-order valence-electron chi connectivity index (χ3n) is 4.63. The van der Waals surface area contributed by atoms with Crippen LogP contribution in [-0.2, 0) is 6.42 Å². The monoisotopic (exact) mass is 389 g/mol. The molecule has 0 aromatic carbocycles. The average Bonchev–Trinajstić information content (AvgIpc) is 3.37. The van der Waals surface area contributed by atoms with E-state index in [2.05, 4.69) is 63.4 Å². The van der Waals surface area contributed by atoms with Crippen molar-refractivity contribution in [3.8, 4) is 11.6 Å². The Kier molecular flexibility index (Phi) is 9.54. The quantitative estimate of drug-likeness (QED) is 0.382. The number of aliphatic imine (C=N–C) groups is 1. The first-order valence-corrected chi connectivity index (χ1v) is 10.4. The van der Waals surface area contributed by atoms with Crippen LogP contribution in [0.25, 0.3) is 11.6 Å². The molecule has 28 heavy (non-hydrogen) atoms. The maximum absolute atomic E-state index is 5.32. The molecule has 0 saturated carbocycles. The zero-order valence-corrected chi connectivity index (χ0v) is 17.7. The summed E-state index contributed by atoms with van der Waals surface area (Å²) in [5.41, 5.74) is 0. The molecule has 0 amide bonds. The van der Waals surface area contributed by atoms with Gasteiger partial charge in [-0.2, -0.15) is 5.10 Å². The smallest absolute Gasteiger partial charge is 0.216 e. The van der Waals surface area contributed by atoms with E-state index in [4.69, 9.17) is 4.42 Å². The average molecular weight is 390 g/mol. The molecule has 0 radical (unpaired) electrons. The number of aromatic amines is 1. The highest BCUT2D eigenvalue weighted by Crippen LogP contribution is 2.14. The van der Waals surface area contributed by atoms with Crippen molar-refractivity contribution in [2.75, 3.05) is 32.7 Å². The predicted molar refractivity (Wildman–Crippen MR) is 113 cm³/mol. The summed E-state index contributed by atoms with van der Waals surface area (Å²) in [6.07, 6.45) is 4.62. The van der Waals surface area contributed by atoms with E-state index >= 15 is 0 Å². The molecule has 0 bridgehead atoms. The Morgan fingerprint density at radius 2 is 2.14 bits per heavy atom. The van der Waals surface area contributed by atoms with Gasteiger partial charge in [0.1, 0.15) is 5.82 Å². The van der Waals surface area contributed by atoms with Crippen LogP contribution in [0.15, 0.2) is 27.8 Å². The molecule has 0 spiro atoms. The van der Waals surface area contributed by atoms with Gasteiger partial charge in [-0.25, -0.2) is 4.98 Å². The van der Waals surface area contributed by atoms with Gasteiger partial charge < -0.3 is 20.0 Å². The van der Waals surface area contributed by atoms with Gasteiger partial charge >= 0.3 is 0 Å². The van der Waals surface area contributed by atoms with E-state index in [9.17, 15) is 0 Å². The molecule has 0 aliphatic rings. The Balaban J connectivity index is 1.78. The van der Waals surface area contributed by atoms with Crippen LogP contribution in [0.3, 0.4) is 0 Å². The van der Waals surface area contributed by atoms with Gasteiger partial charge in [0, 0.05) is 25.6 Å². The Morgan fingerprint density at radius 3 is 2.82 bits per heavy atom. The molecule has 0 fully saturated rings. The van der Waals surface area contributed by atoms with Gasteiger partial charge in [0.25, 0.3) is 0 Å². The van der Waals surface area contributed by atoms with Crippen LogP contribution in [0.4, 0.5) is 0 Å². The Bertz CT molecular complexity index is 677. The van der Waals surface area contributed by atoms with Crippen LogP contribution in [0.5, 0.6) is 0 Å². The van der Waals surface area contributed by atoms with Gasteiger partial charge in [-0.3, -0.25) is 10.1 Å². The molecule has 1 atom stereocenters. The van der Waals surface area contributed by atoms with Crippen molar-refractivity contribution in [1.82, 2.24) is 30.7 Å². The third kappa shape index (κ3) is 7.34. The SMILES string of the molecule is CCNC(=NCCc1nc(-c2ccco2)n[nH]1)NC(C)CCCN(CC)CC. The number of aromatic nitrogens is 3. The zero-order valence-electron chi connectivity index (χ0n) is 17.7. The molecule has 8 nitrogen and oxygen atoms in total. The second-order valence-corrected chi connectivity index (χ2v) is 6.81. The first-order valence-electron chi connectivity index (χ1n) is 10.4. The second kappa shape index (κ2) is 12.2. The van der Waals surface area contributed by atoms with Gasteiger partial charge in [0.15, 0.2) is 11.7 Å². The molecular weight excluding hydrogens is 354 g/mol.